The van der Waals surface area contributed by atoms with Crippen LogP contribution in [0.4, 0.5) is 5.13 Å². The van der Waals surface area contributed by atoms with Crippen LogP contribution >= 0.6 is 11.3 Å². The fraction of sp³-hybridized carbons (Fsp3) is 0.154. The lowest BCUT2D eigenvalue weighted by atomic mass is 9.87. The van der Waals surface area contributed by atoms with Crippen LogP contribution in [0.2, 0.25) is 0 Å². The van der Waals surface area contributed by atoms with Gasteiger partial charge in [0.1, 0.15) is 0 Å². The van der Waals surface area contributed by atoms with E-state index in [9.17, 15) is 4.79 Å². The van der Waals surface area contributed by atoms with Crippen LogP contribution in [0.5, 0.6) is 0 Å². The number of hydrogen-bond acceptors (Lipinski definition) is 3. The number of rotatable bonds is 4. The Labute approximate surface area is 181 Å². The van der Waals surface area contributed by atoms with Gasteiger partial charge in [0.2, 0.25) is 0 Å². The third kappa shape index (κ3) is 4.34. The molecule has 1 amide bonds. The van der Waals surface area contributed by atoms with E-state index in [0.29, 0.717) is 10.7 Å². The number of nitrogens with zero attached hydrogens (tertiary/aromatic N) is 1. The average molecular weight is 413 g/mol. The Balaban J connectivity index is 1.65. The van der Waals surface area contributed by atoms with E-state index >= 15 is 0 Å². The highest BCUT2D eigenvalue weighted by Gasteiger charge is 2.18. The zero-order valence-corrected chi connectivity index (χ0v) is 18.2. The maximum atomic E-state index is 12.8. The van der Waals surface area contributed by atoms with Crippen molar-refractivity contribution in [1.82, 2.24) is 4.98 Å². The molecule has 0 saturated heterocycles. The molecule has 3 aromatic carbocycles. The van der Waals surface area contributed by atoms with Crippen molar-refractivity contribution in [2.45, 2.75) is 26.2 Å². The molecule has 30 heavy (non-hydrogen) atoms. The second-order valence-electron chi connectivity index (χ2n) is 8.21. The molecule has 3 nitrogen and oxygen atoms in total. The zero-order valence-electron chi connectivity index (χ0n) is 17.3. The molecule has 0 bridgehead atoms. The van der Waals surface area contributed by atoms with Gasteiger partial charge in [-0.15, -0.1) is 0 Å². The van der Waals surface area contributed by atoms with Gasteiger partial charge in [-0.1, -0.05) is 105 Å². The van der Waals surface area contributed by atoms with Gasteiger partial charge in [-0.2, -0.15) is 0 Å². The van der Waals surface area contributed by atoms with E-state index in [2.05, 4.69) is 38.2 Å². The standard InChI is InChI=1S/C26H24N2OS/c1-26(2,3)21-16-14-20(15-17-21)24(29)28-25-27-22(18-10-6-4-7-11-18)23(30-25)19-12-8-5-9-13-19/h4-17H,1-3H3,(H,27,28,29). The van der Waals surface area contributed by atoms with Crippen LogP contribution in [0, 0.1) is 0 Å². The molecule has 0 unspecified atom stereocenters. The van der Waals surface area contributed by atoms with Gasteiger partial charge in [0.25, 0.3) is 5.91 Å². The van der Waals surface area contributed by atoms with E-state index in [1.807, 2.05) is 72.8 Å². The predicted octanol–water partition coefficient (Wildman–Crippen LogP) is 7.03. The van der Waals surface area contributed by atoms with Crippen LogP contribution in [-0.4, -0.2) is 10.9 Å². The summed E-state index contributed by atoms with van der Waals surface area (Å²) in [5, 5.41) is 3.58. The molecule has 0 aliphatic carbocycles. The van der Waals surface area contributed by atoms with Crippen molar-refractivity contribution < 1.29 is 4.79 Å². The van der Waals surface area contributed by atoms with E-state index in [4.69, 9.17) is 4.98 Å². The lowest BCUT2D eigenvalue weighted by molar-refractivity contribution is 0.102. The zero-order chi connectivity index (χ0) is 21.1. The predicted molar refractivity (Wildman–Crippen MR) is 126 cm³/mol. The number of aromatic nitrogens is 1. The first kappa shape index (κ1) is 20.0. The highest BCUT2D eigenvalue weighted by Crippen LogP contribution is 2.39. The van der Waals surface area contributed by atoms with Gasteiger partial charge in [0, 0.05) is 11.1 Å². The summed E-state index contributed by atoms with van der Waals surface area (Å²) >= 11 is 1.49. The number of anilines is 1. The Morgan fingerprint density at radius 2 is 1.37 bits per heavy atom. The molecule has 1 N–H and O–H groups in total. The molecular weight excluding hydrogens is 388 g/mol. The monoisotopic (exact) mass is 412 g/mol. The van der Waals surface area contributed by atoms with Crippen molar-refractivity contribution in [1.29, 1.82) is 0 Å². The molecule has 4 heteroatoms. The van der Waals surface area contributed by atoms with Gasteiger partial charge < -0.3 is 0 Å². The van der Waals surface area contributed by atoms with Gasteiger partial charge >= 0.3 is 0 Å². The van der Waals surface area contributed by atoms with Crippen LogP contribution in [0.1, 0.15) is 36.7 Å². The largest absolute Gasteiger partial charge is 0.298 e. The summed E-state index contributed by atoms with van der Waals surface area (Å²) < 4.78 is 0. The summed E-state index contributed by atoms with van der Waals surface area (Å²) in [6.45, 7) is 6.48. The van der Waals surface area contributed by atoms with E-state index in [0.717, 1.165) is 21.7 Å². The number of thiazole rings is 1. The van der Waals surface area contributed by atoms with Crippen LogP contribution in [0.25, 0.3) is 21.7 Å². The average Bonchev–Trinajstić information content (AvgIpc) is 3.18. The molecule has 150 valence electrons. The second kappa shape index (κ2) is 8.25. The van der Waals surface area contributed by atoms with Gasteiger partial charge in [-0.3, -0.25) is 10.1 Å². The Morgan fingerprint density at radius 1 is 0.800 bits per heavy atom. The molecule has 0 atom stereocenters. The maximum Gasteiger partial charge on any atom is 0.257 e. The van der Waals surface area contributed by atoms with Crippen molar-refractivity contribution in [2.24, 2.45) is 0 Å². The van der Waals surface area contributed by atoms with Crippen molar-refractivity contribution in [2.75, 3.05) is 5.32 Å². The number of carbonyl (C=O) groups is 1. The molecule has 1 heterocycles. The van der Waals surface area contributed by atoms with Crippen molar-refractivity contribution in [3.05, 3.63) is 96.1 Å². The van der Waals surface area contributed by atoms with E-state index in [-0.39, 0.29) is 11.3 Å². The Kier molecular flexibility index (Phi) is 5.51. The van der Waals surface area contributed by atoms with Crippen LogP contribution in [-0.2, 0) is 5.41 Å². The maximum absolute atomic E-state index is 12.8. The smallest absolute Gasteiger partial charge is 0.257 e. The second-order valence-corrected chi connectivity index (χ2v) is 9.21. The highest BCUT2D eigenvalue weighted by atomic mass is 32.1. The molecule has 4 aromatic rings. The summed E-state index contributed by atoms with van der Waals surface area (Å²) in [5.74, 6) is -0.150. The summed E-state index contributed by atoms with van der Waals surface area (Å²) in [7, 11) is 0. The summed E-state index contributed by atoms with van der Waals surface area (Å²) in [5.41, 5.74) is 4.88. The Hall–Kier alpha value is -3.24. The Bertz CT molecular complexity index is 1080. The number of amides is 1. The Morgan fingerprint density at radius 3 is 1.93 bits per heavy atom. The minimum atomic E-state index is -0.150. The highest BCUT2D eigenvalue weighted by molar-refractivity contribution is 7.19. The fourth-order valence-electron chi connectivity index (χ4n) is 3.24. The minimum Gasteiger partial charge on any atom is -0.298 e. The van der Waals surface area contributed by atoms with Gasteiger partial charge in [0.05, 0.1) is 10.6 Å². The van der Waals surface area contributed by atoms with Gasteiger partial charge in [-0.05, 0) is 28.7 Å². The molecule has 1 aromatic heterocycles. The molecule has 0 aliphatic rings. The third-order valence-electron chi connectivity index (χ3n) is 4.94. The van der Waals surface area contributed by atoms with E-state index in [1.165, 1.54) is 16.9 Å². The summed E-state index contributed by atoms with van der Waals surface area (Å²) in [6, 6.07) is 28.0. The lowest BCUT2D eigenvalue weighted by Crippen LogP contribution is -2.14. The number of hydrogen-bond donors (Lipinski definition) is 1. The summed E-state index contributed by atoms with van der Waals surface area (Å²) in [4.78, 5) is 18.6. The quantitative estimate of drug-likeness (QED) is 0.391. The molecule has 0 aliphatic heterocycles. The fourth-order valence-corrected chi connectivity index (χ4v) is 4.23. The molecule has 0 saturated carbocycles. The van der Waals surface area contributed by atoms with Gasteiger partial charge in [0.15, 0.2) is 5.13 Å². The third-order valence-corrected chi connectivity index (χ3v) is 5.96. The van der Waals surface area contributed by atoms with E-state index < -0.39 is 0 Å². The normalized spacial score (nSPS) is 11.3. The molecular formula is C26H24N2OS. The first-order valence-electron chi connectivity index (χ1n) is 9.95. The van der Waals surface area contributed by atoms with Gasteiger partial charge in [-0.25, -0.2) is 4.98 Å². The number of benzene rings is 3. The molecule has 0 radical (unpaired) electrons. The molecule has 4 rings (SSSR count). The molecule has 0 spiro atoms. The van der Waals surface area contributed by atoms with Crippen LogP contribution in [0.15, 0.2) is 84.9 Å². The van der Waals surface area contributed by atoms with Crippen molar-refractivity contribution in [3.63, 3.8) is 0 Å². The lowest BCUT2D eigenvalue weighted by Gasteiger charge is -2.18. The SMILES string of the molecule is CC(C)(C)c1ccc(C(=O)Nc2nc(-c3ccccc3)c(-c3ccccc3)s2)cc1. The first-order chi connectivity index (χ1) is 14.4. The number of carbonyl (C=O) groups excluding carboxylic acids is 1. The first-order valence-corrected chi connectivity index (χ1v) is 10.8. The van der Waals surface area contributed by atoms with E-state index in [1.54, 1.807) is 0 Å². The topological polar surface area (TPSA) is 42.0 Å². The molecule has 0 fully saturated rings. The minimum absolute atomic E-state index is 0.0550. The van der Waals surface area contributed by atoms with Crippen molar-refractivity contribution in [3.8, 4) is 21.7 Å². The summed E-state index contributed by atoms with van der Waals surface area (Å²) in [6.07, 6.45) is 0. The van der Waals surface area contributed by atoms with Crippen molar-refractivity contribution >= 4 is 22.4 Å². The van der Waals surface area contributed by atoms with Crippen LogP contribution in [0.3, 0.4) is 0 Å². The number of nitrogens with one attached hydrogen (secondary N) is 1. The van der Waals surface area contributed by atoms with Crippen LogP contribution < -0.4 is 5.32 Å².